The minimum atomic E-state index is -2.91. The first-order chi connectivity index (χ1) is 14.1. The predicted molar refractivity (Wildman–Crippen MR) is 130 cm³/mol. The van der Waals surface area contributed by atoms with Crippen LogP contribution in [-0.4, -0.2) is 45.1 Å². The van der Waals surface area contributed by atoms with Crippen LogP contribution in [-0.2, 0) is 18.3 Å². The van der Waals surface area contributed by atoms with Crippen LogP contribution in [0.5, 0.6) is 0 Å². The van der Waals surface area contributed by atoms with Gasteiger partial charge in [-0.2, -0.15) is 11.8 Å². The lowest BCUT2D eigenvalue weighted by Gasteiger charge is -2.18. The van der Waals surface area contributed by atoms with E-state index in [1.807, 2.05) is 11.8 Å². The van der Waals surface area contributed by atoms with E-state index >= 15 is 0 Å². The first-order valence-electron chi connectivity index (χ1n) is 11.9. The van der Waals surface area contributed by atoms with Crippen LogP contribution >= 0.6 is 19.4 Å². The van der Waals surface area contributed by atoms with E-state index in [4.69, 9.17) is 13.8 Å². The van der Waals surface area contributed by atoms with Crippen molar-refractivity contribution in [2.24, 2.45) is 0 Å². The molecule has 0 aromatic carbocycles. The highest BCUT2D eigenvalue weighted by Gasteiger charge is 2.22. The van der Waals surface area contributed by atoms with Gasteiger partial charge in [0.25, 0.3) is 0 Å². The highest BCUT2D eigenvalue weighted by atomic mass is 32.2. The third kappa shape index (κ3) is 18.9. The van der Waals surface area contributed by atoms with E-state index in [9.17, 15) is 4.57 Å². The average molecular weight is 453 g/mol. The van der Waals surface area contributed by atoms with Crippen LogP contribution in [0.4, 0.5) is 0 Å². The number of methoxy groups -OCH3 is 1. The second-order valence-electron chi connectivity index (χ2n) is 8.02. The van der Waals surface area contributed by atoms with Gasteiger partial charge in [-0.05, 0) is 18.6 Å². The first-order valence-corrected chi connectivity index (χ1v) is 14.8. The Hall–Kier alpha value is 0.460. The topological polar surface area (TPSA) is 44.8 Å². The largest absolute Gasteiger partial charge is 0.381 e. The van der Waals surface area contributed by atoms with Crippen LogP contribution in [0.2, 0.25) is 0 Å². The van der Waals surface area contributed by atoms with E-state index in [2.05, 4.69) is 6.92 Å². The number of thioether (sulfide) groups is 1. The summed E-state index contributed by atoms with van der Waals surface area (Å²) < 4.78 is 27.6. The molecule has 0 aromatic rings. The van der Waals surface area contributed by atoms with Crippen LogP contribution in [0, 0.1) is 0 Å². The molecule has 0 fully saturated rings. The number of ether oxygens (including phenoxy) is 1. The first kappa shape index (κ1) is 29.5. The van der Waals surface area contributed by atoms with Crippen LogP contribution < -0.4 is 0 Å². The second-order valence-corrected chi connectivity index (χ2v) is 11.6. The molecule has 176 valence electrons. The van der Waals surface area contributed by atoms with Crippen molar-refractivity contribution in [2.45, 2.75) is 109 Å². The summed E-state index contributed by atoms with van der Waals surface area (Å²) >= 11 is 1.94. The summed E-state index contributed by atoms with van der Waals surface area (Å²) in [4.78, 5) is 0. The minimum Gasteiger partial charge on any atom is -0.381 e. The molecule has 0 spiro atoms. The summed E-state index contributed by atoms with van der Waals surface area (Å²) in [6, 6.07) is 0. The van der Waals surface area contributed by atoms with E-state index < -0.39 is 7.60 Å². The third-order valence-electron chi connectivity index (χ3n) is 5.56. The third-order valence-corrected chi connectivity index (χ3v) is 8.66. The molecule has 0 heterocycles. The van der Waals surface area contributed by atoms with Crippen LogP contribution in [0.15, 0.2) is 0 Å². The molecule has 0 aliphatic rings. The standard InChI is InChI=1S/C23H49O4PS/c1-5-6-7-8-9-10-11-12-13-14-15-16-17-18-21-29-22-23(25-2)19-20-28(24,26-3)27-4/h23H,5-22H2,1-4H3/t23-/m1/s1. The zero-order chi connectivity index (χ0) is 21.6. The average Bonchev–Trinajstić information content (AvgIpc) is 2.75. The van der Waals surface area contributed by atoms with Crippen molar-refractivity contribution >= 4 is 19.4 Å². The highest BCUT2D eigenvalue weighted by molar-refractivity contribution is 7.99. The van der Waals surface area contributed by atoms with Crippen LogP contribution in [0.3, 0.4) is 0 Å². The van der Waals surface area contributed by atoms with Crippen molar-refractivity contribution < 1.29 is 18.3 Å². The molecule has 0 saturated heterocycles. The SMILES string of the molecule is CCCCCCCCCCCCCCCCSC[C@@H](CCP(=O)(OC)OC)OC. The lowest BCUT2D eigenvalue weighted by molar-refractivity contribution is 0.117. The van der Waals surface area contributed by atoms with E-state index in [0.29, 0.717) is 12.6 Å². The maximum atomic E-state index is 12.1. The van der Waals surface area contributed by atoms with Gasteiger partial charge in [0.1, 0.15) is 0 Å². The lowest BCUT2D eigenvalue weighted by Crippen LogP contribution is -2.16. The van der Waals surface area contributed by atoms with E-state index in [0.717, 1.165) is 5.75 Å². The Bertz CT molecular complexity index is 374. The number of unbranched alkanes of at least 4 members (excludes halogenated alkanes) is 13. The Morgan fingerprint density at radius 3 is 1.59 bits per heavy atom. The Morgan fingerprint density at radius 2 is 1.17 bits per heavy atom. The van der Waals surface area contributed by atoms with Gasteiger partial charge in [0.2, 0.25) is 0 Å². The molecule has 0 aliphatic carbocycles. The monoisotopic (exact) mass is 452 g/mol. The molecule has 0 aromatic heterocycles. The predicted octanol–water partition coefficient (Wildman–Crippen LogP) is 8.09. The van der Waals surface area contributed by atoms with Gasteiger partial charge < -0.3 is 13.8 Å². The second kappa shape index (κ2) is 21.7. The molecule has 0 amide bonds. The van der Waals surface area contributed by atoms with Crippen molar-refractivity contribution in [1.29, 1.82) is 0 Å². The molecular weight excluding hydrogens is 403 g/mol. The molecule has 0 saturated carbocycles. The van der Waals surface area contributed by atoms with E-state index in [-0.39, 0.29) is 6.10 Å². The molecule has 0 bridgehead atoms. The fraction of sp³-hybridized carbons (Fsp3) is 1.00. The van der Waals surface area contributed by atoms with Crippen molar-refractivity contribution in [1.82, 2.24) is 0 Å². The quantitative estimate of drug-likeness (QED) is 0.116. The van der Waals surface area contributed by atoms with Gasteiger partial charge in [0.15, 0.2) is 0 Å². The van der Waals surface area contributed by atoms with Crippen molar-refractivity contribution in [3.05, 3.63) is 0 Å². The molecule has 0 rings (SSSR count). The van der Waals surface area contributed by atoms with Gasteiger partial charge in [-0.15, -0.1) is 0 Å². The maximum absolute atomic E-state index is 12.1. The Kier molecular flexibility index (Phi) is 22.0. The van der Waals surface area contributed by atoms with Crippen molar-refractivity contribution in [2.75, 3.05) is 39.0 Å². The number of hydrogen-bond donors (Lipinski definition) is 0. The Balaban J connectivity index is 3.38. The number of rotatable bonds is 23. The lowest BCUT2D eigenvalue weighted by atomic mass is 10.0. The number of hydrogen-bond acceptors (Lipinski definition) is 5. The van der Waals surface area contributed by atoms with Crippen LogP contribution in [0.25, 0.3) is 0 Å². The molecule has 6 heteroatoms. The van der Waals surface area contributed by atoms with Gasteiger partial charge in [-0.25, -0.2) is 0 Å². The minimum absolute atomic E-state index is 0.116. The maximum Gasteiger partial charge on any atom is 0.330 e. The summed E-state index contributed by atoms with van der Waals surface area (Å²) in [6.45, 7) is 2.28. The Morgan fingerprint density at radius 1 is 0.724 bits per heavy atom. The summed E-state index contributed by atoms with van der Waals surface area (Å²) in [7, 11) is 1.69. The molecule has 29 heavy (non-hydrogen) atoms. The van der Waals surface area contributed by atoms with Crippen LogP contribution in [0.1, 0.15) is 103 Å². The van der Waals surface area contributed by atoms with Gasteiger partial charge in [0.05, 0.1) is 12.3 Å². The smallest absolute Gasteiger partial charge is 0.330 e. The molecule has 4 nitrogen and oxygen atoms in total. The fourth-order valence-electron chi connectivity index (χ4n) is 3.44. The molecular formula is C23H49O4PS. The fourth-order valence-corrected chi connectivity index (χ4v) is 5.70. The Labute approximate surface area is 186 Å². The van der Waals surface area contributed by atoms with E-state index in [1.165, 1.54) is 110 Å². The van der Waals surface area contributed by atoms with Gasteiger partial charge >= 0.3 is 7.60 Å². The summed E-state index contributed by atoms with van der Waals surface area (Å²) in [5, 5.41) is 0. The molecule has 0 radical (unpaired) electrons. The van der Waals surface area contributed by atoms with Gasteiger partial charge in [-0.1, -0.05) is 90.4 Å². The zero-order valence-corrected chi connectivity index (χ0v) is 21.5. The zero-order valence-electron chi connectivity index (χ0n) is 19.8. The normalized spacial score (nSPS) is 13.1. The van der Waals surface area contributed by atoms with Crippen molar-refractivity contribution in [3.8, 4) is 0 Å². The highest BCUT2D eigenvalue weighted by Crippen LogP contribution is 2.47. The molecule has 1 atom stereocenters. The summed E-state index contributed by atoms with van der Waals surface area (Å²) in [5.74, 6) is 2.13. The van der Waals surface area contributed by atoms with Gasteiger partial charge in [0, 0.05) is 27.1 Å². The summed E-state index contributed by atoms with van der Waals surface area (Å²) in [5.41, 5.74) is 0. The van der Waals surface area contributed by atoms with Gasteiger partial charge in [-0.3, -0.25) is 4.57 Å². The summed E-state index contributed by atoms with van der Waals surface area (Å²) in [6.07, 6.45) is 20.9. The molecule has 0 N–H and O–H groups in total. The van der Waals surface area contributed by atoms with E-state index in [1.54, 1.807) is 7.11 Å². The molecule has 0 unspecified atom stereocenters. The van der Waals surface area contributed by atoms with Crippen molar-refractivity contribution in [3.63, 3.8) is 0 Å². The molecule has 0 aliphatic heterocycles.